The maximum Gasteiger partial charge on any atom is 0.0624 e. The Morgan fingerprint density at radius 2 is 1.55 bits per heavy atom. The third kappa shape index (κ3) is 8.33. The Kier molecular flexibility index (Phi) is 11.4. The van der Waals surface area contributed by atoms with Gasteiger partial charge in [-0.1, -0.05) is 71.7 Å². The molecule has 0 saturated heterocycles. The van der Waals surface area contributed by atoms with Gasteiger partial charge in [-0.3, -0.25) is 0 Å². The second-order valence-corrected chi connectivity index (χ2v) is 4.99. The van der Waals surface area contributed by atoms with Crippen molar-refractivity contribution in [3.8, 4) is 0 Å². The average Bonchev–Trinajstić information content (AvgIpc) is 2.51. The zero-order chi connectivity index (χ0) is 15.4. The van der Waals surface area contributed by atoms with Crippen LogP contribution in [0.4, 0.5) is 0 Å². The van der Waals surface area contributed by atoms with E-state index in [0.29, 0.717) is 0 Å². The topological polar surface area (TPSA) is 46.2 Å². The molecule has 2 nitrogen and oxygen atoms in total. The Morgan fingerprint density at radius 3 is 1.90 bits per heavy atom. The maximum absolute atomic E-state index is 8.72. The van der Waals surface area contributed by atoms with E-state index in [1.807, 2.05) is 68.4 Å². The van der Waals surface area contributed by atoms with Gasteiger partial charge >= 0.3 is 0 Å². The maximum atomic E-state index is 8.72. The highest BCUT2D eigenvalue weighted by Gasteiger charge is 2.01. The molecule has 0 radical (unpaired) electrons. The third-order valence-corrected chi connectivity index (χ3v) is 3.01. The van der Waals surface area contributed by atoms with E-state index in [0.717, 1.165) is 15.1 Å². The number of aliphatic hydroxyl groups excluding tert-OH is 1. The molecule has 0 spiro atoms. The molecular weight excluding hydrogens is 338 g/mol. The minimum atomic E-state index is -0.261. The zero-order valence-electron chi connectivity index (χ0n) is 11.8. The molecule has 0 heterocycles. The molecule has 0 saturated carbocycles. The van der Waals surface area contributed by atoms with E-state index in [2.05, 4.69) is 15.9 Å². The quantitative estimate of drug-likeness (QED) is 0.809. The molecule has 1 atom stereocenters. The van der Waals surface area contributed by atoms with Crippen molar-refractivity contribution in [2.24, 2.45) is 5.73 Å². The van der Waals surface area contributed by atoms with Crippen LogP contribution >= 0.6 is 27.5 Å². The molecule has 1 unspecified atom stereocenters. The van der Waals surface area contributed by atoms with E-state index < -0.39 is 0 Å². The van der Waals surface area contributed by atoms with Crippen LogP contribution in [-0.2, 0) is 0 Å². The number of aliphatic hydroxyl groups is 1. The first-order chi connectivity index (χ1) is 9.63. The van der Waals surface area contributed by atoms with E-state index in [9.17, 15) is 0 Å². The summed E-state index contributed by atoms with van der Waals surface area (Å²) in [5.74, 6) is 0. The number of hydrogen-bond donors (Lipinski definition) is 2. The fourth-order valence-corrected chi connectivity index (χ4v) is 1.64. The molecule has 4 heteroatoms. The van der Waals surface area contributed by atoms with Gasteiger partial charge in [-0.25, -0.2) is 0 Å². The third-order valence-electron chi connectivity index (χ3n) is 2.23. The molecule has 3 N–H and O–H groups in total. The van der Waals surface area contributed by atoms with Crippen LogP contribution in [0.25, 0.3) is 0 Å². The van der Waals surface area contributed by atoms with Crippen molar-refractivity contribution in [1.29, 1.82) is 0 Å². The summed E-state index contributed by atoms with van der Waals surface area (Å²) in [5, 5.41) is 9.51. The van der Waals surface area contributed by atoms with Crippen LogP contribution in [-0.4, -0.2) is 11.7 Å². The monoisotopic (exact) mass is 357 g/mol. The lowest BCUT2D eigenvalue weighted by atomic mass is 10.1. The Labute approximate surface area is 134 Å². The number of hydrogen-bond acceptors (Lipinski definition) is 2. The molecule has 0 fully saturated rings. The van der Waals surface area contributed by atoms with Crippen LogP contribution < -0.4 is 5.73 Å². The van der Waals surface area contributed by atoms with E-state index in [4.69, 9.17) is 22.4 Å². The summed E-state index contributed by atoms with van der Waals surface area (Å²) >= 11 is 8.85. The first kappa shape index (κ1) is 19.1. The van der Waals surface area contributed by atoms with Crippen LogP contribution in [0.2, 0.25) is 5.02 Å². The fourth-order valence-electron chi connectivity index (χ4n) is 1.23. The van der Waals surface area contributed by atoms with Crippen LogP contribution in [0.15, 0.2) is 59.1 Å². The van der Waals surface area contributed by atoms with Crippen molar-refractivity contribution < 1.29 is 5.11 Å². The highest BCUT2D eigenvalue weighted by molar-refractivity contribution is 9.10. The minimum Gasteiger partial charge on any atom is -0.394 e. The lowest BCUT2D eigenvalue weighted by Gasteiger charge is -2.07. The molecule has 0 bridgehead atoms. The fraction of sp³-hybridized carbons (Fsp3) is 0.250. The molecule has 110 valence electrons. The smallest absolute Gasteiger partial charge is 0.0624 e. The predicted molar refractivity (Wildman–Crippen MR) is 91.0 cm³/mol. The molecule has 2 aromatic rings. The van der Waals surface area contributed by atoms with Gasteiger partial charge in [0.05, 0.1) is 12.6 Å². The zero-order valence-corrected chi connectivity index (χ0v) is 14.1. The van der Waals surface area contributed by atoms with Gasteiger partial charge in [0, 0.05) is 9.50 Å². The van der Waals surface area contributed by atoms with Gasteiger partial charge in [0.15, 0.2) is 0 Å². The second-order valence-electron chi connectivity index (χ2n) is 3.64. The molecule has 20 heavy (non-hydrogen) atoms. The standard InChI is InChI=1S/C8H10BrNO.C6H5Cl.C2H6/c9-7-3-1-6(2-4-7)8(10)5-11;7-6-4-2-1-3-5-6;1-2/h1-4,8,11H,5,10H2;1-5H;1-2H3. The summed E-state index contributed by atoms with van der Waals surface area (Å²) < 4.78 is 1.02. The van der Waals surface area contributed by atoms with Crippen molar-refractivity contribution in [3.05, 3.63) is 69.7 Å². The predicted octanol–water partition coefficient (Wildman–Crippen LogP) is 4.81. The van der Waals surface area contributed by atoms with Crippen LogP contribution in [0.3, 0.4) is 0 Å². The summed E-state index contributed by atoms with van der Waals surface area (Å²) in [7, 11) is 0. The Hall–Kier alpha value is -0.870. The van der Waals surface area contributed by atoms with Crippen LogP contribution in [0, 0.1) is 0 Å². The molecular formula is C16H21BrClNO. The number of rotatable bonds is 2. The van der Waals surface area contributed by atoms with Crippen molar-refractivity contribution in [3.63, 3.8) is 0 Å². The highest BCUT2D eigenvalue weighted by atomic mass is 79.9. The first-order valence-corrected chi connectivity index (χ1v) is 7.63. The van der Waals surface area contributed by atoms with Crippen LogP contribution in [0.1, 0.15) is 25.5 Å². The van der Waals surface area contributed by atoms with Crippen molar-refractivity contribution >= 4 is 27.5 Å². The second kappa shape index (κ2) is 11.9. The lowest BCUT2D eigenvalue weighted by Crippen LogP contribution is -2.13. The summed E-state index contributed by atoms with van der Waals surface area (Å²) in [5.41, 5.74) is 6.53. The highest BCUT2D eigenvalue weighted by Crippen LogP contribution is 2.14. The summed E-state index contributed by atoms with van der Waals surface area (Å²) in [6, 6.07) is 16.8. The Morgan fingerprint density at radius 1 is 1.05 bits per heavy atom. The number of halogens is 2. The first-order valence-electron chi connectivity index (χ1n) is 6.46. The summed E-state index contributed by atoms with van der Waals surface area (Å²) in [6.45, 7) is 3.99. The molecule has 2 rings (SSSR count). The van der Waals surface area contributed by atoms with Gasteiger partial charge < -0.3 is 10.8 Å². The van der Waals surface area contributed by atoms with Gasteiger partial charge in [-0.2, -0.15) is 0 Å². The van der Waals surface area contributed by atoms with E-state index in [1.165, 1.54) is 0 Å². The van der Waals surface area contributed by atoms with Gasteiger partial charge in [-0.05, 0) is 29.8 Å². The summed E-state index contributed by atoms with van der Waals surface area (Å²) in [4.78, 5) is 0. The van der Waals surface area contributed by atoms with Crippen molar-refractivity contribution in [1.82, 2.24) is 0 Å². The van der Waals surface area contributed by atoms with Gasteiger partial charge in [-0.15, -0.1) is 0 Å². The van der Waals surface area contributed by atoms with E-state index >= 15 is 0 Å². The van der Waals surface area contributed by atoms with Crippen LogP contribution in [0.5, 0.6) is 0 Å². The van der Waals surface area contributed by atoms with E-state index in [-0.39, 0.29) is 12.6 Å². The molecule has 2 aromatic carbocycles. The van der Waals surface area contributed by atoms with Gasteiger partial charge in [0.1, 0.15) is 0 Å². The van der Waals surface area contributed by atoms with Crippen molar-refractivity contribution in [2.75, 3.05) is 6.61 Å². The normalized spacial score (nSPS) is 10.5. The minimum absolute atomic E-state index is 0.0123. The van der Waals surface area contributed by atoms with Crippen molar-refractivity contribution in [2.45, 2.75) is 19.9 Å². The molecule has 0 aliphatic heterocycles. The lowest BCUT2D eigenvalue weighted by molar-refractivity contribution is 0.268. The largest absolute Gasteiger partial charge is 0.394 e. The molecule has 0 aliphatic rings. The Balaban J connectivity index is 0.000000345. The number of benzene rings is 2. The molecule has 0 aliphatic carbocycles. The van der Waals surface area contributed by atoms with E-state index in [1.54, 1.807) is 0 Å². The SMILES string of the molecule is CC.Clc1ccccc1.NC(CO)c1ccc(Br)cc1. The summed E-state index contributed by atoms with van der Waals surface area (Å²) in [6.07, 6.45) is 0. The molecule has 0 amide bonds. The average molecular weight is 359 g/mol. The number of nitrogens with two attached hydrogens (primary N) is 1. The Bertz CT molecular complexity index is 448. The van der Waals surface area contributed by atoms with Gasteiger partial charge in [0.2, 0.25) is 0 Å². The molecule has 0 aromatic heterocycles. The van der Waals surface area contributed by atoms with Gasteiger partial charge in [0.25, 0.3) is 0 Å².